The number of hydrogen-bond donors (Lipinski definition) is 2. The van der Waals surface area contributed by atoms with Gasteiger partial charge in [0, 0.05) is 23.1 Å². The van der Waals surface area contributed by atoms with E-state index in [-0.39, 0.29) is 11.1 Å². The number of halogens is 2. The Morgan fingerprint density at radius 2 is 1.84 bits per heavy atom. The van der Waals surface area contributed by atoms with Gasteiger partial charge in [-0.25, -0.2) is 4.39 Å². The van der Waals surface area contributed by atoms with Crippen molar-refractivity contribution in [3.8, 4) is 0 Å². The Morgan fingerprint density at radius 1 is 1.12 bits per heavy atom. The van der Waals surface area contributed by atoms with E-state index in [1.165, 1.54) is 18.2 Å². The van der Waals surface area contributed by atoms with Gasteiger partial charge in [-0.3, -0.25) is 9.59 Å². The molecule has 130 valence electrons. The molecule has 25 heavy (non-hydrogen) atoms. The minimum absolute atomic E-state index is 0.0694. The molecule has 1 heterocycles. The predicted molar refractivity (Wildman–Crippen MR) is 98.5 cm³/mol. The first-order valence-corrected chi connectivity index (χ1v) is 8.70. The van der Waals surface area contributed by atoms with Crippen LogP contribution in [0.3, 0.4) is 0 Å². The molecule has 2 amide bonds. The molecule has 0 radical (unpaired) electrons. The monoisotopic (exact) mass is 405 g/mol. The first kappa shape index (κ1) is 17.4. The van der Waals surface area contributed by atoms with E-state index in [0.717, 1.165) is 31.6 Å². The lowest BCUT2D eigenvalue weighted by Crippen LogP contribution is -2.22. The largest absolute Gasteiger partial charge is 0.370 e. The van der Waals surface area contributed by atoms with Crippen molar-refractivity contribution in [3.63, 3.8) is 0 Å². The number of benzene rings is 2. The van der Waals surface area contributed by atoms with Crippen molar-refractivity contribution in [1.82, 2.24) is 0 Å². The number of nitrogens with two attached hydrogens (primary N) is 1. The van der Waals surface area contributed by atoms with Gasteiger partial charge in [0.25, 0.3) is 5.91 Å². The SMILES string of the molecule is NC(=O)c1ccc(N2CCCC2)c(NC(=O)c2ccc(Br)cc2F)c1. The number of hydrogen-bond acceptors (Lipinski definition) is 3. The molecule has 2 aromatic rings. The zero-order valence-electron chi connectivity index (χ0n) is 13.4. The Hall–Kier alpha value is -2.41. The number of primary amides is 1. The van der Waals surface area contributed by atoms with Gasteiger partial charge >= 0.3 is 0 Å². The zero-order chi connectivity index (χ0) is 18.0. The molecular formula is C18H17BrFN3O2. The van der Waals surface area contributed by atoms with Crippen LogP contribution >= 0.6 is 15.9 Å². The van der Waals surface area contributed by atoms with Gasteiger partial charge in [0.05, 0.1) is 16.9 Å². The van der Waals surface area contributed by atoms with Crippen molar-refractivity contribution < 1.29 is 14.0 Å². The molecule has 1 aliphatic heterocycles. The molecule has 0 bridgehead atoms. The molecular weight excluding hydrogens is 389 g/mol. The third kappa shape index (κ3) is 3.82. The summed E-state index contributed by atoms with van der Waals surface area (Å²) in [6.07, 6.45) is 2.12. The van der Waals surface area contributed by atoms with Gasteiger partial charge in [-0.05, 0) is 49.2 Å². The maximum atomic E-state index is 14.0. The molecule has 1 saturated heterocycles. The van der Waals surface area contributed by atoms with Crippen LogP contribution in [0.1, 0.15) is 33.6 Å². The second-order valence-corrected chi connectivity index (χ2v) is 6.78. The normalized spacial score (nSPS) is 13.8. The maximum Gasteiger partial charge on any atom is 0.258 e. The van der Waals surface area contributed by atoms with Crippen molar-refractivity contribution in [2.45, 2.75) is 12.8 Å². The minimum atomic E-state index is -0.624. The molecule has 0 aromatic heterocycles. The third-order valence-corrected chi connectivity index (χ3v) is 4.65. The second kappa shape index (κ2) is 7.23. The van der Waals surface area contributed by atoms with Crippen LogP contribution < -0.4 is 16.0 Å². The summed E-state index contributed by atoms with van der Waals surface area (Å²) in [5.41, 5.74) is 6.80. The van der Waals surface area contributed by atoms with Crippen LogP contribution in [-0.2, 0) is 0 Å². The molecule has 5 nitrogen and oxygen atoms in total. The number of carbonyl (C=O) groups excluding carboxylic acids is 2. The summed E-state index contributed by atoms with van der Waals surface area (Å²) in [6.45, 7) is 1.73. The van der Waals surface area contributed by atoms with Crippen LogP contribution in [0.15, 0.2) is 40.9 Å². The van der Waals surface area contributed by atoms with Crippen LogP contribution in [0, 0.1) is 5.82 Å². The molecule has 0 atom stereocenters. The molecule has 0 saturated carbocycles. The van der Waals surface area contributed by atoms with E-state index in [9.17, 15) is 14.0 Å². The van der Waals surface area contributed by atoms with E-state index < -0.39 is 17.6 Å². The molecule has 7 heteroatoms. The van der Waals surface area contributed by atoms with Crippen molar-refractivity contribution in [2.24, 2.45) is 5.73 Å². The van der Waals surface area contributed by atoms with Gasteiger partial charge < -0.3 is 16.0 Å². The summed E-state index contributed by atoms with van der Waals surface area (Å²) in [4.78, 5) is 26.1. The fourth-order valence-electron chi connectivity index (χ4n) is 2.89. The molecule has 0 aliphatic carbocycles. The molecule has 2 aromatic carbocycles. The summed E-state index contributed by atoms with van der Waals surface area (Å²) in [6, 6.07) is 9.16. The lowest BCUT2D eigenvalue weighted by Gasteiger charge is -2.22. The molecule has 1 fully saturated rings. The fourth-order valence-corrected chi connectivity index (χ4v) is 3.22. The first-order chi connectivity index (χ1) is 12.0. The molecule has 0 spiro atoms. The Bertz CT molecular complexity index is 835. The lowest BCUT2D eigenvalue weighted by atomic mass is 10.1. The average molecular weight is 406 g/mol. The van der Waals surface area contributed by atoms with E-state index in [1.54, 1.807) is 18.2 Å². The van der Waals surface area contributed by atoms with Gasteiger partial charge in [0.2, 0.25) is 5.91 Å². The number of nitrogens with zero attached hydrogens (tertiary/aromatic N) is 1. The summed E-state index contributed by atoms with van der Waals surface area (Å²) >= 11 is 3.16. The van der Waals surface area contributed by atoms with Gasteiger partial charge in [-0.1, -0.05) is 15.9 Å². The molecule has 3 N–H and O–H groups in total. The van der Waals surface area contributed by atoms with Crippen LogP contribution in [-0.4, -0.2) is 24.9 Å². The highest BCUT2D eigenvalue weighted by molar-refractivity contribution is 9.10. The van der Waals surface area contributed by atoms with Crippen molar-refractivity contribution >= 4 is 39.1 Å². The maximum absolute atomic E-state index is 14.0. The van der Waals surface area contributed by atoms with E-state index in [2.05, 4.69) is 26.1 Å². The Balaban J connectivity index is 1.94. The second-order valence-electron chi connectivity index (χ2n) is 5.87. The smallest absolute Gasteiger partial charge is 0.258 e. The Morgan fingerprint density at radius 3 is 2.48 bits per heavy atom. The van der Waals surface area contributed by atoms with Crippen LogP contribution in [0.2, 0.25) is 0 Å². The van der Waals surface area contributed by atoms with Crippen LogP contribution in [0.25, 0.3) is 0 Å². The summed E-state index contributed by atoms with van der Waals surface area (Å²) in [5, 5.41) is 2.72. The van der Waals surface area contributed by atoms with E-state index in [0.29, 0.717) is 10.2 Å². The highest BCUT2D eigenvalue weighted by Gasteiger charge is 2.20. The topological polar surface area (TPSA) is 75.4 Å². The van der Waals surface area contributed by atoms with E-state index >= 15 is 0 Å². The minimum Gasteiger partial charge on any atom is -0.370 e. The fraction of sp³-hybridized carbons (Fsp3) is 0.222. The zero-order valence-corrected chi connectivity index (χ0v) is 15.0. The summed E-state index contributed by atoms with van der Waals surface area (Å²) in [5.74, 6) is -1.79. The lowest BCUT2D eigenvalue weighted by molar-refractivity contribution is 0.0995. The number of anilines is 2. The summed E-state index contributed by atoms with van der Waals surface area (Å²) in [7, 11) is 0. The van der Waals surface area contributed by atoms with E-state index in [1.807, 2.05) is 0 Å². The van der Waals surface area contributed by atoms with Gasteiger partial charge in [-0.2, -0.15) is 0 Å². The van der Waals surface area contributed by atoms with Crippen molar-refractivity contribution in [1.29, 1.82) is 0 Å². The quantitative estimate of drug-likeness (QED) is 0.816. The van der Waals surface area contributed by atoms with Crippen LogP contribution in [0.4, 0.5) is 15.8 Å². The molecule has 3 rings (SSSR count). The molecule has 1 aliphatic rings. The highest BCUT2D eigenvalue weighted by atomic mass is 79.9. The standard InChI is InChI=1S/C18H17BrFN3O2/c19-12-4-5-13(14(20)10-12)18(25)22-15-9-11(17(21)24)3-6-16(15)23-7-1-2-8-23/h3-6,9-10H,1-2,7-8H2,(H2,21,24)(H,22,25). The number of amides is 2. The predicted octanol–water partition coefficient (Wildman–Crippen LogP) is 3.54. The Kier molecular flexibility index (Phi) is 5.03. The average Bonchev–Trinajstić information content (AvgIpc) is 3.08. The number of rotatable bonds is 4. The van der Waals surface area contributed by atoms with E-state index in [4.69, 9.17) is 5.73 Å². The van der Waals surface area contributed by atoms with Gasteiger partial charge in [0.1, 0.15) is 5.82 Å². The van der Waals surface area contributed by atoms with Crippen LogP contribution in [0.5, 0.6) is 0 Å². The third-order valence-electron chi connectivity index (χ3n) is 4.15. The van der Waals surface area contributed by atoms with Crippen molar-refractivity contribution in [2.75, 3.05) is 23.3 Å². The highest BCUT2D eigenvalue weighted by Crippen LogP contribution is 2.30. The van der Waals surface area contributed by atoms with Gasteiger partial charge in [0.15, 0.2) is 0 Å². The first-order valence-electron chi connectivity index (χ1n) is 7.91. The number of carbonyl (C=O) groups is 2. The Labute approximate surface area is 153 Å². The molecule has 0 unspecified atom stereocenters. The van der Waals surface area contributed by atoms with Crippen molar-refractivity contribution in [3.05, 3.63) is 57.8 Å². The number of nitrogens with one attached hydrogen (secondary N) is 1. The van der Waals surface area contributed by atoms with Gasteiger partial charge in [-0.15, -0.1) is 0 Å². The summed E-state index contributed by atoms with van der Waals surface area (Å²) < 4.78 is 14.6.